The van der Waals surface area contributed by atoms with E-state index in [0.717, 1.165) is 5.56 Å². The number of hydrogen-bond acceptors (Lipinski definition) is 4. The normalized spacial score (nSPS) is 10.9. The largest absolute Gasteiger partial charge is 0.493 e. The minimum atomic E-state index is -0.332. The molecule has 132 valence electrons. The summed E-state index contributed by atoms with van der Waals surface area (Å²) in [4.78, 5) is 11.8. The molecule has 0 unspecified atom stereocenters. The second-order valence-corrected chi connectivity index (χ2v) is 5.67. The molecule has 1 amide bonds. The SMILES string of the molecule is COc1cc(/C=N/NC(=O)Cc2ccc(F)cc2)ccc1OC(C)C. The van der Waals surface area contributed by atoms with Gasteiger partial charge >= 0.3 is 0 Å². The van der Waals surface area contributed by atoms with Crippen molar-refractivity contribution in [1.82, 2.24) is 5.43 Å². The summed E-state index contributed by atoms with van der Waals surface area (Å²) in [6.45, 7) is 3.87. The molecule has 0 fully saturated rings. The molecule has 0 aliphatic heterocycles. The Balaban J connectivity index is 1.94. The molecular weight excluding hydrogens is 323 g/mol. The molecule has 0 saturated heterocycles. The summed E-state index contributed by atoms with van der Waals surface area (Å²) in [6, 6.07) is 11.1. The third-order valence-corrected chi connectivity index (χ3v) is 3.23. The van der Waals surface area contributed by atoms with Crippen molar-refractivity contribution in [3.8, 4) is 11.5 Å². The van der Waals surface area contributed by atoms with Crippen molar-refractivity contribution in [2.45, 2.75) is 26.4 Å². The standard InChI is InChI=1S/C19H21FN2O3/c1-13(2)25-17-9-6-15(10-18(17)24-3)12-21-22-19(23)11-14-4-7-16(20)8-5-14/h4-10,12-13H,11H2,1-3H3,(H,22,23)/b21-12+. The average Bonchev–Trinajstić information content (AvgIpc) is 2.57. The average molecular weight is 344 g/mol. The van der Waals surface area contributed by atoms with Crippen LogP contribution in [-0.4, -0.2) is 25.3 Å². The number of amides is 1. The van der Waals surface area contributed by atoms with Crippen molar-refractivity contribution in [2.24, 2.45) is 5.10 Å². The van der Waals surface area contributed by atoms with Crippen LogP contribution in [0.2, 0.25) is 0 Å². The van der Waals surface area contributed by atoms with Crippen molar-refractivity contribution >= 4 is 12.1 Å². The van der Waals surface area contributed by atoms with Crippen LogP contribution < -0.4 is 14.9 Å². The highest BCUT2D eigenvalue weighted by Crippen LogP contribution is 2.28. The van der Waals surface area contributed by atoms with Crippen LogP contribution in [0.5, 0.6) is 11.5 Å². The van der Waals surface area contributed by atoms with Gasteiger partial charge in [0, 0.05) is 0 Å². The summed E-state index contributed by atoms with van der Waals surface area (Å²) in [7, 11) is 1.56. The van der Waals surface area contributed by atoms with Crippen LogP contribution in [-0.2, 0) is 11.2 Å². The van der Waals surface area contributed by atoms with Gasteiger partial charge in [-0.15, -0.1) is 0 Å². The van der Waals surface area contributed by atoms with E-state index in [1.807, 2.05) is 19.9 Å². The van der Waals surface area contributed by atoms with Crippen LogP contribution in [0.3, 0.4) is 0 Å². The van der Waals surface area contributed by atoms with Gasteiger partial charge in [0.1, 0.15) is 5.82 Å². The Bertz CT molecular complexity index is 743. The lowest BCUT2D eigenvalue weighted by atomic mass is 10.1. The van der Waals surface area contributed by atoms with Gasteiger partial charge in [-0.2, -0.15) is 5.10 Å². The number of nitrogens with zero attached hydrogens (tertiary/aromatic N) is 1. The van der Waals surface area contributed by atoms with Crippen LogP contribution >= 0.6 is 0 Å². The van der Waals surface area contributed by atoms with Crippen LogP contribution in [0, 0.1) is 5.82 Å². The first-order valence-electron chi connectivity index (χ1n) is 7.89. The van der Waals surface area contributed by atoms with E-state index in [9.17, 15) is 9.18 Å². The zero-order valence-corrected chi connectivity index (χ0v) is 14.5. The smallest absolute Gasteiger partial charge is 0.244 e. The number of hydrogen-bond donors (Lipinski definition) is 1. The Morgan fingerprint density at radius 3 is 2.56 bits per heavy atom. The number of ether oxygens (including phenoxy) is 2. The summed E-state index contributed by atoms with van der Waals surface area (Å²) in [5.74, 6) is 0.626. The molecule has 0 radical (unpaired) electrons. The topological polar surface area (TPSA) is 59.9 Å². The lowest BCUT2D eigenvalue weighted by Gasteiger charge is -2.13. The molecule has 2 rings (SSSR count). The summed E-state index contributed by atoms with van der Waals surface area (Å²) in [5, 5.41) is 3.93. The molecule has 5 nitrogen and oxygen atoms in total. The maximum atomic E-state index is 12.8. The number of methoxy groups -OCH3 is 1. The van der Waals surface area contributed by atoms with Gasteiger partial charge in [-0.25, -0.2) is 9.82 Å². The number of carbonyl (C=O) groups is 1. The first-order valence-corrected chi connectivity index (χ1v) is 7.89. The molecule has 2 aromatic carbocycles. The van der Waals surface area contributed by atoms with Gasteiger partial charge in [-0.1, -0.05) is 12.1 Å². The molecule has 0 aliphatic rings. The Kier molecular flexibility index (Phi) is 6.51. The third kappa shape index (κ3) is 5.91. The van der Waals surface area contributed by atoms with Crippen molar-refractivity contribution in [2.75, 3.05) is 7.11 Å². The number of halogens is 1. The molecular formula is C19H21FN2O3. The molecule has 0 heterocycles. The number of hydrazone groups is 1. The minimum absolute atomic E-state index is 0.0409. The second-order valence-electron chi connectivity index (χ2n) is 5.67. The predicted octanol–water partition coefficient (Wildman–Crippen LogP) is 3.31. The number of rotatable bonds is 7. The van der Waals surface area contributed by atoms with E-state index >= 15 is 0 Å². The molecule has 25 heavy (non-hydrogen) atoms. The van der Waals surface area contributed by atoms with E-state index in [2.05, 4.69) is 10.5 Å². The van der Waals surface area contributed by atoms with E-state index in [1.54, 1.807) is 31.4 Å². The van der Waals surface area contributed by atoms with Crippen LogP contribution in [0.15, 0.2) is 47.6 Å². The number of carbonyl (C=O) groups excluding carboxylic acids is 1. The van der Waals surface area contributed by atoms with Crippen LogP contribution in [0.4, 0.5) is 4.39 Å². The predicted molar refractivity (Wildman–Crippen MR) is 94.6 cm³/mol. The molecule has 1 N–H and O–H groups in total. The van der Waals surface area contributed by atoms with Gasteiger partial charge in [-0.05, 0) is 55.3 Å². The van der Waals surface area contributed by atoms with Crippen molar-refractivity contribution < 1.29 is 18.7 Å². The Hall–Kier alpha value is -2.89. The van der Waals surface area contributed by atoms with Gasteiger partial charge in [0.05, 0.1) is 25.8 Å². The first-order chi connectivity index (χ1) is 12.0. The fourth-order valence-electron chi connectivity index (χ4n) is 2.12. The highest BCUT2D eigenvalue weighted by molar-refractivity contribution is 5.84. The minimum Gasteiger partial charge on any atom is -0.493 e. The molecule has 0 bridgehead atoms. The van der Waals surface area contributed by atoms with E-state index in [-0.39, 0.29) is 24.2 Å². The Morgan fingerprint density at radius 1 is 1.20 bits per heavy atom. The van der Waals surface area contributed by atoms with Crippen LogP contribution in [0.1, 0.15) is 25.0 Å². The summed E-state index contributed by atoms with van der Waals surface area (Å²) < 4.78 is 23.8. The fraction of sp³-hybridized carbons (Fsp3) is 0.263. The van der Waals surface area contributed by atoms with Gasteiger partial charge in [-0.3, -0.25) is 4.79 Å². The maximum Gasteiger partial charge on any atom is 0.244 e. The monoisotopic (exact) mass is 344 g/mol. The van der Waals surface area contributed by atoms with Crippen molar-refractivity contribution in [3.05, 3.63) is 59.4 Å². The second kappa shape index (κ2) is 8.82. The highest BCUT2D eigenvalue weighted by Gasteiger charge is 2.07. The van der Waals surface area contributed by atoms with Crippen molar-refractivity contribution in [1.29, 1.82) is 0 Å². The van der Waals surface area contributed by atoms with Crippen molar-refractivity contribution in [3.63, 3.8) is 0 Å². The lowest BCUT2D eigenvalue weighted by molar-refractivity contribution is -0.120. The Morgan fingerprint density at radius 2 is 1.92 bits per heavy atom. The molecule has 0 aliphatic carbocycles. The maximum absolute atomic E-state index is 12.8. The quantitative estimate of drug-likeness (QED) is 0.619. The molecule has 0 saturated carbocycles. The zero-order valence-electron chi connectivity index (χ0n) is 14.5. The summed E-state index contributed by atoms with van der Waals surface area (Å²) in [5.41, 5.74) is 3.92. The van der Waals surface area contributed by atoms with E-state index < -0.39 is 0 Å². The van der Waals surface area contributed by atoms with Gasteiger partial charge in [0.15, 0.2) is 11.5 Å². The lowest BCUT2D eigenvalue weighted by Crippen LogP contribution is -2.19. The zero-order chi connectivity index (χ0) is 18.2. The molecule has 0 aromatic heterocycles. The van der Waals surface area contributed by atoms with E-state index in [0.29, 0.717) is 17.1 Å². The molecule has 2 aromatic rings. The van der Waals surface area contributed by atoms with Gasteiger partial charge < -0.3 is 9.47 Å². The molecule has 6 heteroatoms. The number of nitrogens with one attached hydrogen (secondary N) is 1. The molecule has 0 spiro atoms. The summed E-state index contributed by atoms with van der Waals surface area (Å²) >= 11 is 0. The molecule has 0 atom stereocenters. The van der Waals surface area contributed by atoms with Crippen LogP contribution in [0.25, 0.3) is 0 Å². The number of benzene rings is 2. The van der Waals surface area contributed by atoms with Gasteiger partial charge in [0.2, 0.25) is 5.91 Å². The van der Waals surface area contributed by atoms with E-state index in [1.165, 1.54) is 18.3 Å². The van der Waals surface area contributed by atoms with E-state index in [4.69, 9.17) is 9.47 Å². The highest BCUT2D eigenvalue weighted by atomic mass is 19.1. The van der Waals surface area contributed by atoms with Gasteiger partial charge in [0.25, 0.3) is 0 Å². The fourth-order valence-corrected chi connectivity index (χ4v) is 2.12. The summed E-state index contributed by atoms with van der Waals surface area (Å²) in [6.07, 6.45) is 1.69. The first kappa shape index (κ1) is 18.4. The third-order valence-electron chi connectivity index (χ3n) is 3.23. The Labute approximate surface area is 146 Å².